The minimum atomic E-state index is -0.904. The number of likely N-dealkylation sites (N-methyl/N-ethyl adjacent to an activating group) is 1. The minimum absolute atomic E-state index is 0.124. The fraction of sp³-hybridized carbons (Fsp3) is 0.250. The van der Waals surface area contributed by atoms with Crippen LogP contribution in [0.1, 0.15) is 29.7 Å². The zero-order chi connectivity index (χ0) is 22.8. The molecule has 2 unspecified atom stereocenters. The van der Waals surface area contributed by atoms with Crippen molar-refractivity contribution < 1.29 is 19.1 Å². The van der Waals surface area contributed by atoms with E-state index < -0.39 is 17.8 Å². The number of H-pyrrole nitrogens is 1. The van der Waals surface area contributed by atoms with Gasteiger partial charge in [0.25, 0.3) is 0 Å². The van der Waals surface area contributed by atoms with E-state index in [-0.39, 0.29) is 18.4 Å². The average Bonchev–Trinajstić information content (AvgIpc) is 3.24. The molecular formula is C24H24N4O4. The molecule has 2 aromatic heterocycles. The third-order valence-electron chi connectivity index (χ3n) is 5.87. The zero-order valence-corrected chi connectivity index (χ0v) is 18.1. The van der Waals surface area contributed by atoms with Gasteiger partial charge in [-0.2, -0.15) is 0 Å². The third kappa shape index (κ3) is 3.99. The third-order valence-corrected chi connectivity index (χ3v) is 5.87. The van der Waals surface area contributed by atoms with Crippen LogP contribution in [0.25, 0.3) is 17.0 Å². The van der Waals surface area contributed by atoms with Gasteiger partial charge in [-0.25, -0.2) is 4.98 Å². The number of fused-ring (bicyclic) bond motifs is 2. The summed E-state index contributed by atoms with van der Waals surface area (Å²) in [6.07, 6.45) is 6.88. The molecule has 0 bridgehead atoms. The SMILES string of the molecule is COC(=O)C1Cc2cc(/C=C/C(=O)N(C)C(C)c3c[nH]c4ccccc34)cnc2NC1=O. The zero-order valence-electron chi connectivity index (χ0n) is 18.1. The van der Waals surface area contributed by atoms with E-state index >= 15 is 0 Å². The van der Waals surface area contributed by atoms with Crippen LogP contribution in [0.15, 0.2) is 48.8 Å². The van der Waals surface area contributed by atoms with Gasteiger partial charge in [0, 0.05) is 36.4 Å². The number of para-hydroxylation sites is 1. The summed E-state index contributed by atoms with van der Waals surface area (Å²) in [4.78, 5) is 45.9. The van der Waals surface area contributed by atoms with Crippen LogP contribution in [0.4, 0.5) is 5.82 Å². The molecule has 0 fully saturated rings. The Morgan fingerprint density at radius 3 is 2.88 bits per heavy atom. The van der Waals surface area contributed by atoms with Crippen LogP contribution in [0.3, 0.4) is 0 Å². The second-order valence-electron chi connectivity index (χ2n) is 7.79. The van der Waals surface area contributed by atoms with Crippen molar-refractivity contribution in [3.63, 3.8) is 0 Å². The Morgan fingerprint density at radius 2 is 2.09 bits per heavy atom. The lowest BCUT2D eigenvalue weighted by Gasteiger charge is -2.23. The predicted molar refractivity (Wildman–Crippen MR) is 121 cm³/mol. The number of methoxy groups -OCH3 is 1. The molecule has 1 aliphatic rings. The predicted octanol–water partition coefficient (Wildman–Crippen LogP) is 3.08. The molecule has 8 nitrogen and oxygen atoms in total. The lowest BCUT2D eigenvalue weighted by atomic mass is 9.94. The van der Waals surface area contributed by atoms with Crippen LogP contribution in [-0.4, -0.2) is 46.8 Å². The molecule has 32 heavy (non-hydrogen) atoms. The van der Waals surface area contributed by atoms with Crippen molar-refractivity contribution in [1.82, 2.24) is 14.9 Å². The normalized spacial score (nSPS) is 16.5. The highest BCUT2D eigenvalue weighted by molar-refractivity contribution is 6.06. The maximum Gasteiger partial charge on any atom is 0.318 e. The number of nitrogens with one attached hydrogen (secondary N) is 2. The van der Waals surface area contributed by atoms with Gasteiger partial charge in [-0.3, -0.25) is 14.4 Å². The number of hydrogen-bond donors (Lipinski definition) is 2. The number of benzene rings is 1. The van der Waals surface area contributed by atoms with Crippen LogP contribution < -0.4 is 5.32 Å². The number of amides is 2. The Kier molecular flexibility index (Phi) is 5.77. The molecule has 2 atom stereocenters. The Bertz CT molecular complexity index is 1230. The molecule has 0 saturated carbocycles. The molecule has 1 aromatic carbocycles. The van der Waals surface area contributed by atoms with E-state index in [1.165, 1.54) is 13.2 Å². The van der Waals surface area contributed by atoms with E-state index in [9.17, 15) is 14.4 Å². The number of carbonyl (C=O) groups is 3. The lowest BCUT2D eigenvalue weighted by molar-refractivity contribution is -0.148. The van der Waals surface area contributed by atoms with E-state index in [0.717, 1.165) is 22.0 Å². The van der Waals surface area contributed by atoms with E-state index in [0.29, 0.717) is 11.4 Å². The highest BCUT2D eigenvalue weighted by Gasteiger charge is 2.33. The second-order valence-corrected chi connectivity index (χ2v) is 7.79. The molecular weight excluding hydrogens is 408 g/mol. The molecule has 0 saturated heterocycles. The Labute approximate surface area is 185 Å². The van der Waals surface area contributed by atoms with Crippen LogP contribution in [-0.2, 0) is 25.5 Å². The second kappa shape index (κ2) is 8.66. The van der Waals surface area contributed by atoms with Crippen molar-refractivity contribution in [2.45, 2.75) is 19.4 Å². The van der Waals surface area contributed by atoms with Crippen molar-refractivity contribution in [3.8, 4) is 0 Å². The highest BCUT2D eigenvalue weighted by Crippen LogP contribution is 2.28. The number of aromatic nitrogens is 2. The topological polar surface area (TPSA) is 104 Å². The Morgan fingerprint density at radius 1 is 1.31 bits per heavy atom. The summed E-state index contributed by atoms with van der Waals surface area (Å²) in [5.74, 6) is -1.65. The van der Waals surface area contributed by atoms with Gasteiger partial charge in [-0.15, -0.1) is 0 Å². The first-order valence-corrected chi connectivity index (χ1v) is 10.3. The van der Waals surface area contributed by atoms with Crippen LogP contribution in [0.5, 0.6) is 0 Å². The van der Waals surface area contributed by atoms with E-state index in [4.69, 9.17) is 4.74 Å². The summed E-state index contributed by atoms with van der Waals surface area (Å²) in [6, 6.07) is 9.67. The number of aromatic amines is 1. The molecule has 4 rings (SSSR count). The Balaban J connectivity index is 1.49. The van der Waals surface area contributed by atoms with Crippen molar-refractivity contribution in [1.29, 1.82) is 0 Å². The van der Waals surface area contributed by atoms with Gasteiger partial charge in [0.15, 0.2) is 0 Å². The van der Waals surface area contributed by atoms with Gasteiger partial charge in [0.2, 0.25) is 11.8 Å². The van der Waals surface area contributed by atoms with Crippen LogP contribution in [0, 0.1) is 5.92 Å². The van der Waals surface area contributed by atoms with Gasteiger partial charge in [-0.1, -0.05) is 18.2 Å². The Hall–Kier alpha value is -3.94. The average molecular weight is 432 g/mol. The molecule has 164 valence electrons. The van der Waals surface area contributed by atoms with Gasteiger partial charge in [-0.05, 0) is 48.2 Å². The summed E-state index contributed by atoms with van der Waals surface area (Å²) in [6.45, 7) is 1.98. The first-order valence-electron chi connectivity index (χ1n) is 10.3. The number of anilines is 1. The van der Waals surface area contributed by atoms with Crippen molar-refractivity contribution in [3.05, 3.63) is 65.5 Å². The van der Waals surface area contributed by atoms with Gasteiger partial charge >= 0.3 is 5.97 Å². The monoisotopic (exact) mass is 432 g/mol. The highest BCUT2D eigenvalue weighted by atomic mass is 16.5. The maximum atomic E-state index is 12.8. The van der Waals surface area contributed by atoms with Gasteiger partial charge in [0.05, 0.1) is 13.2 Å². The molecule has 0 radical (unpaired) electrons. The van der Waals surface area contributed by atoms with Crippen molar-refractivity contribution >= 4 is 40.6 Å². The quantitative estimate of drug-likeness (QED) is 0.366. The van der Waals surface area contributed by atoms with Crippen LogP contribution >= 0.6 is 0 Å². The largest absolute Gasteiger partial charge is 0.468 e. The van der Waals surface area contributed by atoms with E-state index in [2.05, 4.69) is 15.3 Å². The molecule has 2 N–H and O–H groups in total. The van der Waals surface area contributed by atoms with Crippen LogP contribution in [0.2, 0.25) is 0 Å². The number of hydrogen-bond acceptors (Lipinski definition) is 5. The lowest BCUT2D eigenvalue weighted by Crippen LogP contribution is -2.36. The first kappa shape index (κ1) is 21.3. The summed E-state index contributed by atoms with van der Waals surface area (Å²) < 4.78 is 4.70. The van der Waals surface area contributed by atoms with Crippen molar-refractivity contribution in [2.75, 3.05) is 19.5 Å². The number of pyridine rings is 1. The molecule has 0 aliphatic carbocycles. The van der Waals surface area contributed by atoms with Gasteiger partial charge in [0.1, 0.15) is 11.7 Å². The maximum absolute atomic E-state index is 12.8. The standard InChI is InChI=1S/C24H24N4O4/c1-14(19-13-25-20-7-5-4-6-17(19)20)28(2)21(29)9-8-15-10-16-11-18(24(31)32-3)23(30)27-22(16)26-12-15/h4-10,12-14,18,25H,11H2,1-3H3,(H,26,27,30)/b9-8+. The molecule has 3 aromatic rings. The molecule has 0 spiro atoms. The number of nitrogens with zero attached hydrogens (tertiary/aromatic N) is 2. The van der Waals surface area contributed by atoms with E-state index in [1.807, 2.05) is 43.5 Å². The molecule has 8 heteroatoms. The molecule has 2 amide bonds. The summed E-state index contributed by atoms with van der Waals surface area (Å²) >= 11 is 0. The molecule has 3 heterocycles. The fourth-order valence-electron chi connectivity index (χ4n) is 3.86. The number of ether oxygens (including phenoxy) is 1. The first-order chi connectivity index (χ1) is 15.4. The summed E-state index contributed by atoms with van der Waals surface area (Å²) in [5, 5.41) is 3.72. The van der Waals surface area contributed by atoms with E-state index in [1.54, 1.807) is 24.2 Å². The molecule has 1 aliphatic heterocycles. The van der Waals surface area contributed by atoms with Gasteiger partial charge < -0.3 is 19.9 Å². The number of carbonyl (C=O) groups excluding carboxylic acids is 3. The summed E-state index contributed by atoms with van der Waals surface area (Å²) in [5.41, 5.74) is 3.49. The summed E-state index contributed by atoms with van der Waals surface area (Å²) in [7, 11) is 3.02. The number of esters is 1. The number of rotatable bonds is 5. The van der Waals surface area contributed by atoms with Crippen molar-refractivity contribution in [2.24, 2.45) is 5.92 Å². The minimum Gasteiger partial charge on any atom is -0.468 e. The smallest absolute Gasteiger partial charge is 0.318 e. The fourth-order valence-corrected chi connectivity index (χ4v) is 3.86.